The van der Waals surface area contributed by atoms with E-state index in [1.807, 2.05) is 50.3 Å². The SMILES string of the molecule is C=C/C=C(\C=C/C)C(/C=C/C)=C/C(=C\N)c1ccccc1. The Labute approximate surface area is 128 Å². The van der Waals surface area contributed by atoms with Crippen molar-refractivity contribution in [3.05, 3.63) is 102 Å². The van der Waals surface area contributed by atoms with Gasteiger partial charge in [-0.05, 0) is 42.2 Å². The summed E-state index contributed by atoms with van der Waals surface area (Å²) in [5.41, 5.74) is 10.1. The maximum atomic E-state index is 5.81. The van der Waals surface area contributed by atoms with Crippen LogP contribution in [0.5, 0.6) is 0 Å². The van der Waals surface area contributed by atoms with Gasteiger partial charge in [-0.15, -0.1) is 0 Å². The molecule has 0 aliphatic carbocycles. The molecule has 0 aliphatic rings. The summed E-state index contributed by atoms with van der Waals surface area (Å²) >= 11 is 0. The van der Waals surface area contributed by atoms with Crippen molar-refractivity contribution >= 4 is 5.57 Å². The molecule has 21 heavy (non-hydrogen) atoms. The third-order valence-electron chi connectivity index (χ3n) is 2.92. The van der Waals surface area contributed by atoms with Crippen LogP contribution in [0.15, 0.2) is 96.8 Å². The molecule has 0 aromatic heterocycles. The summed E-state index contributed by atoms with van der Waals surface area (Å²) < 4.78 is 0. The second kappa shape index (κ2) is 9.38. The van der Waals surface area contributed by atoms with Crippen molar-refractivity contribution in [2.24, 2.45) is 5.73 Å². The first kappa shape index (κ1) is 16.5. The molecule has 0 bridgehead atoms. The van der Waals surface area contributed by atoms with Gasteiger partial charge in [0.05, 0.1) is 0 Å². The first-order valence-electron chi connectivity index (χ1n) is 7.04. The Morgan fingerprint density at radius 1 is 1.00 bits per heavy atom. The van der Waals surface area contributed by atoms with Gasteiger partial charge in [0.1, 0.15) is 0 Å². The van der Waals surface area contributed by atoms with Crippen LogP contribution in [0.2, 0.25) is 0 Å². The standard InChI is InChI=1S/C20H23N/c1-4-10-17(11-5-2)19(12-6-3)15-20(16-21)18-13-8-7-9-14-18/h4-16H,1,21H2,2-3H3/b11-5-,12-6+,17-10+,19-15+,20-16+. The van der Waals surface area contributed by atoms with E-state index in [0.29, 0.717) is 0 Å². The molecule has 0 radical (unpaired) electrons. The summed E-state index contributed by atoms with van der Waals surface area (Å²) in [6, 6.07) is 10.1. The second-order valence-corrected chi connectivity index (χ2v) is 4.45. The van der Waals surface area contributed by atoms with Crippen LogP contribution in [0.25, 0.3) is 5.57 Å². The zero-order chi connectivity index (χ0) is 15.5. The van der Waals surface area contributed by atoms with Gasteiger partial charge in [0.25, 0.3) is 0 Å². The average molecular weight is 277 g/mol. The lowest BCUT2D eigenvalue weighted by molar-refractivity contribution is 1.48. The lowest BCUT2D eigenvalue weighted by Gasteiger charge is -2.07. The Balaban J connectivity index is 3.32. The van der Waals surface area contributed by atoms with E-state index in [-0.39, 0.29) is 0 Å². The van der Waals surface area contributed by atoms with Gasteiger partial charge in [0, 0.05) is 6.20 Å². The van der Waals surface area contributed by atoms with Crippen molar-refractivity contribution < 1.29 is 0 Å². The van der Waals surface area contributed by atoms with Crippen LogP contribution in [-0.4, -0.2) is 0 Å². The lowest BCUT2D eigenvalue weighted by atomic mass is 9.98. The van der Waals surface area contributed by atoms with E-state index in [2.05, 4.69) is 36.9 Å². The normalized spacial score (nSPS) is 14.1. The molecule has 2 N–H and O–H groups in total. The Kier molecular flexibility index (Phi) is 7.37. The van der Waals surface area contributed by atoms with Crippen LogP contribution in [-0.2, 0) is 0 Å². The van der Waals surface area contributed by atoms with Gasteiger partial charge >= 0.3 is 0 Å². The Morgan fingerprint density at radius 3 is 2.14 bits per heavy atom. The molecule has 0 aliphatic heterocycles. The monoisotopic (exact) mass is 277 g/mol. The van der Waals surface area contributed by atoms with Gasteiger partial charge in [-0.2, -0.15) is 0 Å². The van der Waals surface area contributed by atoms with Crippen LogP contribution < -0.4 is 5.73 Å². The number of rotatable bonds is 6. The van der Waals surface area contributed by atoms with Crippen molar-refractivity contribution in [1.29, 1.82) is 0 Å². The molecule has 0 atom stereocenters. The maximum Gasteiger partial charge on any atom is 0.00178 e. The fraction of sp³-hybridized carbons (Fsp3) is 0.100. The molecule has 1 aromatic rings. The highest BCUT2D eigenvalue weighted by Crippen LogP contribution is 2.22. The number of allylic oxidation sites excluding steroid dienone is 10. The van der Waals surface area contributed by atoms with E-state index < -0.39 is 0 Å². The van der Waals surface area contributed by atoms with Crippen molar-refractivity contribution in [2.75, 3.05) is 0 Å². The first-order valence-corrected chi connectivity index (χ1v) is 7.04. The highest BCUT2D eigenvalue weighted by molar-refractivity contribution is 5.76. The van der Waals surface area contributed by atoms with E-state index in [1.165, 1.54) is 0 Å². The zero-order valence-electron chi connectivity index (χ0n) is 12.8. The Morgan fingerprint density at radius 2 is 1.62 bits per heavy atom. The fourth-order valence-electron chi connectivity index (χ4n) is 1.99. The molecule has 1 nitrogen and oxygen atoms in total. The summed E-state index contributed by atoms with van der Waals surface area (Å²) in [7, 11) is 0. The highest BCUT2D eigenvalue weighted by atomic mass is 14.5. The molecule has 1 aromatic carbocycles. The van der Waals surface area contributed by atoms with Gasteiger partial charge < -0.3 is 5.73 Å². The summed E-state index contributed by atoms with van der Waals surface area (Å²) in [6.07, 6.45) is 15.7. The second-order valence-electron chi connectivity index (χ2n) is 4.45. The van der Waals surface area contributed by atoms with Crippen LogP contribution in [0.3, 0.4) is 0 Å². The zero-order valence-corrected chi connectivity index (χ0v) is 12.8. The van der Waals surface area contributed by atoms with E-state index >= 15 is 0 Å². The average Bonchev–Trinajstić information content (AvgIpc) is 2.52. The summed E-state index contributed by atoms with van der Waals surface area (Å²) in [4.78, 5) is 0. The van der Waals surface area contributed by atoms with E-state index in [9.17, 15) is 0 Å². The minimum atomic E-state index is 0.989. The number of benzene rings is 1. The molecule has 0 amide bonds. The van der Waals surface area contributed by atoms with E-state index in [4.69, 9.17) is 5.73 Å². The van der Waals surface area contributed by atoms with Crippen LogP contribution in [0.4, 0.5) is 0 Å². The minimum Gasteiger partial charge on any atom is -0.404 e. The molecule has 0 fully saturated rings. The number of nitrogens with two attached hydrogens (primary N) is 1. The maximum absolute atomic E-state index is 5.81. The minimum absolute atomic E-state index is 0.989. The topological polar surface area (TPSA) is 26.0 Å². The highest BCUT2D eigenvalue weighted by Gasteiger charge is 2.02. The van der Waals surface area contributed by atoms with Gasteiger partial charge in [0.15, 0.2) is 0 Å². The van der Waals surface area contributed by atoms with Gasteiger partial charge in [-0.1, -0.05) is 73.4 Å². The summed E-state index contributed by atoms with van der Waals surface area (Å²) in [5.74, 6) is 0. The lowest BCUT2D eigenvalue weighted by Crippen LogP contribution is -1.90. The van der Waals surface area contributed by atoms with Crippen LogP contribution in [0, 0.1) is 0 Å². The molecule has 1 heteroatoms. The molecule has 0 heterocycles. The molecule has 0 saturated carbocycles. The third kappa shape index (κ3) is 5.15. The van der Waals surface area contributed by atoms with E-state index in [1.54, 1.807) is 12.3 Å². The summed E-state index contributed by atoms with van der Waals surface area (Å²) in [5, 5.41) is 0. The number of hydrogen-bond donors (Lipinski definition) is 1. The summed E-state index contributed by atoms with van der Waals surface area (Å²) in [6.45, 7) is 7.79. The van der Waals surface area contributed by atoms with E-state index in [0.717, 1.165) is 22.3 Å². The molecule has 0 spiro atoms. The van der Waals surface area contributed by atoms with Crippen molar-refractivity contribution in [3.8, 4) is 0 Å². The molecular formula is C20H23N. The molecule has 0 saturated heterocycles. The van der Waals surface area contributed by atoms with Crippen LogP contribution in [0.1, 0.15) is 19.4 Å². The smallest absolute Gasteiger partial charge is 0.00178 e. The Hall–Kier alpha value is -2.54. The van der Waals surface area contributed by atoms with Crippen molar-refractivity contribution in [3.63, 3.8) is 0 Å². The van der Waals surface area contributed by atoms with Gasteiger partial charge in [-0.3, -0.25) is 0 Å². The predicted octanol–water partition coefficient (Wildman–Crippen LogP) is 5.18. The predicted molar refractivity (Wildman–Crippen MR) is 94.6 cm³/mol. The molecular weight excluding hydrogens is 254 g/mol. The number of hydrogen-bond acceptors (Lipinski definition) is 1. The molecule has 1 rings (SSSR count). The van der Waals surface area contributed by atoms with Crippen molar-refractivity contribution in [2.45, 2.75) is 13.8 Å². The molecule has 108 valence electrons. The largest absolute Gasteiger partial charge is 0.404 e. The molecule has 0 unspecified atom stereocenters. The fourth-order valence-corrected chi connectivity index (χ4v) is 1.99. The van der Waals surface area contributed by atoms with Gasteiger partial charge in [-0.25, -0.2) is 0 Å². The van der Waals surface area contributed by atoms with Crippen LogP contribution >= 0.6 is 0 Å². The Bertz CT molecular complexity index is 596. The van der Waals surface area contributed by atoms with Crippen molar-refractivity contribution in [1.82, 2.24) is 0 Å². The first-order chi connectivity index (χ1) is 10.3. The van der Waals surface area contributed by atoms with Gasteiger partial charge in [0.2, 0.25) is 0 Å². The third-order valence-corrected chi connectivity index (χ3v) is 2.92. The quantitative estimate of drug-likeness (QED) is 0.713.